The Kier molecular flexibility index (Phi) is 3.45. The third-order valence-corrected chi connectivity index (χ3v) is 2.42. The van der Waals surface area contributed by atoms with Gasteiger partial charge in [0.15, 0.2) is 0 Å². The van der Waals surface area contributed by atoms with E-state index >= 15 is 0 Å². The largest absolute Gasteiger partial charge is 0.335 e. The van der Waals surface area contributed by atoms with Crippen molar-refractivity contribution in [2.24, 2.45) is 0 Å². The van der Waals surface area contributed by atoms with Gasteiger partial charge in [0, 0.05) is 20.5 Å². The average molecular weight is 213 g/mol. The third-order valence-electron chi connectivity index (χ3n) is 2.42. The third kappa shape index (κ3) is 2.34. The molecule has 0 aromatic carbocycles. The van der Waals surface area contributed by atoms with E-state index in [9.17, 15) is 4.79 Å². The van der Waals surface area contributed by atoms with Crippen LogP contribution in [0.2, 0.25) is 0 Å². The summed E-state index contributed by atoms with van der Waals surface area (Å²) in [5.74, 6) is -1.37. The SMILES string of the molecule is [C-]#[N+]C1(C(C)=O)COC(C)(OCC)OC1. The Labute approximate surface area is 89.1 Å². The molecule has 0 spiro atoms. The van der Waals surface area contributed by atoms with Crippen molar-refractivity contribution in [3.05, 3.63) is 11.4 Å². The lowest BCUT2D eigenvalue weighted by atomic mass is 9.97. The van der Waals surface area contributed by atoms with Crippen molar-refractivity contribution >= 4 is 5.78 Å². The van der Waals surface area contributed by atoms with Gasteiger partial charge in [0.2, 0.25) is 5.78 Å². The molecule has 0 aliphatic carbocycles. The summed E-state index contributed by atoms with van der Waals surface area (Å²) in [5, 5.41) is 0. The molecule has 15 heavy (non-hydrogen) atoms. The van der Waals surface area contributed by atoms with Crippen molar-refractivity contribution < 1.29 is 19.0 Å². The lowest BCUT2D eigenvalue weighted by Crippen LogP contribution is -2.55. The molecular weight excluding hydrogens is 198 g/mol. The number of Topliss-reactive ketones (excluding diaryl/α,β-unsaturated/α-hetero) is 1. The molecule has 1 saturated heterocycles. The van der Waals surface area contributed by atoms with Crippen LogP contribution < -0.4 is 0 Å². The van der Waals surface area contributed by atoms with Crippen LogP contribution in [0.5, 0.6) is 0 Å². The first-order valence-corrected chi connectivity index (χ1v) is 4.79. The molecule has 0 saturated carbocycles. The molecule has 0 radical (unpaired) electrons. The van der Waals surface area contributed by atoms with E-state index in [1.807, 2.05) is 6.92 Å². The summed E-state index contributed by atoms with van der Waals surface area (Å²) in [6.45, 7) is 12.3. The number of hydrogen-bond acceptors (Lipinski definition) is 4. The quantitative estimate of drug-likeness (QED) is 0.656. The van der Waals surface area contributed by atoms with E-state index in [0.717, 1.165) is 0 Å². The van der Waals surface area contributed by atoms with Crippen LogP contribution in [-0.4, -0.2) is 37.1 Å². The summed E-state index contributed by atoms with van der Waals surface area (Å²) in [4.78, 5) is 14.6. The van der Waals surface area contributed by atoms with Crippen LogP contribution in [-0.2, 0) is 19.0 Å². The number of nitrogens with zero attached hydrogens (tertiary/aromatic N) is 1. The fourth-order valence-corrected chi connectivity index (χ4v) is 1.28. The highest BCUT2D eigenvalue weighted by atomic mass is 16.9. The molecule has 5 nitrogen and oxygen atoms in total. The van der Waals surface area contributed by atoms with Crippen molar-refractivity contribution in [1.29, 1.82) is 0 Å². The van der Waals surface area contributed by atoms with Gasteiger partial charge < -0.3 is 14.2 Å². The second-order valence-electron chi connectivity index (χ2n) is 3.57. The van der Waals surface area contributed by atoms with Crippen LogP contribution in [0.1, 0.15) is 20.8 Å². The first-order chi connectivity index (χ1) is 6.98. The minimum Gasteiger partial charge on any atom is -0.328 e. The molecule has 1 heterocycles. The summed E-state index contributed by atoms with van der Waals surface area (Å²) in [5.41, 5.74) is -1.20. The first kappa shape index (κ1) is 12.1. The van der Waals surface area contributed by atoms with Gasteiger partial charge in [-0.2, -0.15) is 0 Å². The highest BCUT2D eigenvalue weighted by Gasteiger charge is 2.51. The zero-order chi connectivity index (χ0) is 11.5. The van der Waals surface area contributed by atoms with E-state index in [1.54, 1.807) is 6.92 Å². The standard InChI is InChI=1S/C10H15NO4/c1-5-13-9(3)14-6-10(11-4,7-15-9)8(2)12/h5-7H2,1-3H3. The van der Waals surface area contributed by atoms with Crippen LogP contribution >= 0.6 is 0 Å². The minimum absolute atomic E-state index is 0.0162. The van der Waals surface area contributed by atoms with Crippen LogP contribution in [0, 0.1) is 6.57 Å². The Morgan fingerprint density at radius 2 is 2.07 bits per heavy atom. The number of rotatable bonds is 3. The van der Waals surface area contributed by atoms with Crippen molar-refractivity contribution in [2.45, 2.75) is 32.3 Å². The second-order valence-corrected chi connectivity index (χ2v) is 3.57. The second kappa shape index (κ2) is 4.27. The lowest BCUT2D eigenvalue weighted by molar-refractivity contribution is -0.393. The molecule has 84 valence electrons. The van der Waals surface area contributed by atoms with Gasteiger partial charge in [-0.15, -0.1) is 0 Å². The molecule has 0 aromatic rings. The van der Waals surface area contributed by atoms with E-state index in [2.05, 4.69) is 4.85 Å². The van der Waals surface area contributed by atoms with Gasteiger partial charge in [0.1, 0.15) is 13.2 Å². The van der Waals surface area contributed by atoms with Crippen molar-refractivity contribution in [3.8, 4) is 0 Å². The summed E-state index contributed by atoms with van der Waals surface area (Å²) >= 11 is 0. The van der Waals surface area contributed by atoms with Crippen LogP contribution in [0.15, 0.2) is 0 Å². The summed E-state index contributed by atoms with van der Waals surface area (Å²) in [6, 6.07) is 0. The topological polar surface area (TPSA) is 49.1 Å². The highest BCUT2D eigenvalue weighted by molar-refractivity contribution is 5.88. The van der Waals surface area contributed by atoms with Crippen LogP contribution in [0.3, 0.4) is 0 Å². The Bertz CT molecular complexity index is 286. The van der Waals surface area contributed by atoms with Crippen molar-refractivity contribution in [2.75, 3.05) is 19.8 Å². The van der Waals surface area contributed by atoms with E-state index in [0.29, 0.717) is 6.61 Å². The maximum atomic E-state index is 11.3. The fourth-order valence-electron chi connectivity index (χ4n) is 1.28. The Balaban J connectivity index is 2.70. The smallest absolute Gasteiger partial charge is 0.328 e. The highest BCUT2D eigenvalue weighted by Crippen LogP contribution is 2.28. The Morgan fingerprint density at radius 3 is 2.40 bits per heavy atom. The average Bonchev–Trinajstić information content (AvgIpc) is 2.19. The first-order valence-electron chi connectivity index (χ1n) is 4.79. The number of ketones is 1. The van der Waals surface area contributed by atoms with E-state index in [1.165, 1.54) is 6.92 Å². The molecule has 0 amide bonds. The van der Waals surface area contributed by atoms with Gasteiger partial charge in [-0.1, -0.05) is 0 Å². The molecule has 0 aromatic heterocycles. The van der Waals surface area contributed by atoms with Crippen molar-refractivity contribution in [1.82, 2.24) is 0 Å². The zero-order valence-corrected chi connectivity index (χ0v) is 9.20. The molecule has 0 atom stereocenters. The van der Waals surface area contributed by atoms with Gasteiger partial charge in [-0.3, -0.25) is 9.64 Å². The van der Waals surface area contributed by atoms with Gasteiger partial charge >= 0.3 is 5.54 Å². The molecular formula is C10H15NO4. The Hall–Kier alpha value is -0.960. The predicted octanol–water partition coefficient (Wildman–Crippen LogP) is 0.990. The van der Waals surface area contributed by atoms with Gasteiger partial charge in [0.05, 0.1) is 0 Å². The molecule has 0 unspecified atom stereocenters. The molecule has 0 N–H and O–H groups in total. The monoisotopic (exact) mass is 213 g/mol. The summed E-state index contributed by atoms with van der Waals surface area (Å²) < 4.78 is 15.8. The van der Waals surface area contributed by atoms with Gasteiger partial charge in [-0.25, -0.2) is 6.57 Å². The minimum atomic E-state index is -1.20. The normalized spacial score (nSPS) is 35.9. The predicted molar refractivity (Wildman–Crippen MR) is 51.9 cm³/mol. The maximum absolute atomic E-state index is 11.3. The van der Waals surface area contributed by atoms with Gasteiger partial charge in [0.25, 0.3) is 5.97 Å². The summed E-state index contributed by atoms with van der Waals surface area (Å²) in [6.07, 6.45) is 0. The van der Waals surface area contributed by atoms with E-state index in [4.69, 9.17) is 20.8 Å². The van der Waals surface area contributed by atoms with Crippen molar-refractivity contribution in [3.63, 3.8) is 0 Å². The Morgan fingerprint density at radius 1 is 1.53 bits per heavy atom. The molecule has 1 aliphatic heterocycles. The number of carbonyl (C=O) groups excluding carboxylic acids is 1. The number of hydrogen-bond donors (Lipinski definition) is 0. The van der Waals surface area contributed by atoms with Crippen LogP contribution in [0.4, 0.5) is 0 Å². The molecule has 1 aliphatic rings. The summed E-state index contributed by atoms with van der Waals surface area (Å²) in [7, 11) is 0. The fraction of sp³-hybridized carbons (Fsp3) is 0.800. The molecule has 0 bridgehead atoms. The number of ether oxygens (including phenoxy) is 3. The van der Waals surface area contributed by atoms with Gasteiger partial charge in [-0.05, 0) is 6.92 Å². The maximum Gasteiger partial charge on any atom is 0.335 e. The molecule has 1 fully saturated rings. The molecule has 5 heteroatoms. The van der Waals surface area contributed by atoms with E-state index in [-0.39, 0.29) is 19.0 Å². The van der Waals surface area contributed by atoms with Crippen LogP contribution in [0.25, 0.3) is 4.85 Å². The zero-order valence-electron chi connectivity index (χ0n) is 9.20. The lowest BCUT2D eigenvalue weighted by Gasteiger charge is -2.36. The van der Waals surface area contributed by atoms with E-state index < -0.39 is 11.5 Å². The number of carbonyl (C=O) groups is 1. The molecule has 1 rings (SSSR count).